The summed E-state index contributed by atoms with van der Waals surface area (Å²) in [5.41, 5.74) is 5.10. The number of rotatable bonds is 4. The summed E-state index contributed by atoms with van der Waals surface area (Å²) in [6, 6.07) is 14.4. The minimum Gasteiger partial charge on any atom is -0.381 e. The Labute approximate surface area is 114 Å². The summed E-state index contributed by atoms with van der Waals surface area (Å²) in [4.78, 5) is 0. The summed E-state index contributed by atoms with van der Waals surface area (Å²) in [5.74, 6) is 0. The van der Waals surface area contributed by atoms with Crippen LogP contribution in [0, 0.1) is 6.92 Å². The van der Waals surface area contributed by atoms with Gasteiger partial charge in [0.15, 0.2) is 0 Å². The molecule has 0 fully saturated rings. The van der Waals surface area contributed by atoms with Crippen LogP contribution in [-0.4, -0.2) is 0 Å². The lowest BCUT2D eigenvalue weighted by Gasteiger charge is -2.14. The van der Waals surface area contributed by atoms with Gasteiger partial charge in [-0.3, -0.25) is 0 Å². The number of hydrogen-bond donors (Lipinski definition) is 1. The first-order valence-corrected chi connectivity index (χ1v) is 6.65. The van der Waals surface area contributed by atoms with E-state index < -0.39 is 0 Å². The maximum Gasteiger partial charge on any atom is 0.0409 e. The molecule has 94 valence electrons. The summed E-state index contributed by atoms with van der Waals surface area (Å²) in [6.07, 6.45) is 1.04. The Hall–Kier alpha value is -1.47. The molecule has 0 heterocycles. The lowest BCUT2D eigenvalue weighted by Crippen LogP contribution is -2.03. The van der Waals surface area contributed by atoms with Crippen molar-refractivity contribution in [2.24, 2.45) is 0 Å². The zero-order valence-corrected chi connectivity index (χ0v) is 11.6. The van der Waals surface area contributed by atoms with Crippen molar-refractivity contribution in [2.45, 2.75) is 26.8 Å². The number of anilines is 1. The lowest BCUT2D eigenvalue weighted by molar-refractivity contribution is 1.08. The van der Waals surface area contributed by atoms with Crippen LogP contribution < -0.4 is 5.32 Å². The molecule has 0 radical (unpaired) electrons. The topological polar surface area (TPSA) is 12.0 Å². The minimum absolute atomic E-state index is 0.787. The average Bonchev–Trinajstić information content (AvgIpc) is 2.37. The van der Waals surface area contributed by atoms with E-state index in [1.165, 1.54) is 22.4 Å². The van der Waals surface area contributed by atoms with E-state index in [0.29, 0.717) is 0 Å². The van der Waals surface area contributed by atoms with Crippen LogP contribution in [0.25, 0.3) is 0 Å². The van der Waals surface area contributed by atoms with E-state index in [1.807, 2.05) is 18.2 Å². The van der Waals surface area contributed by atoms with Crippen LogP contribution in [0.2, 0.25) is 5.02 Å². The van der Waals surface area contributed by atoms with E-state index in [4.69, 9.17) is 11.6 Å². The van der Waals surface area contributed by atoms with E-state index in [0.717, 1.165) is 18.0 Å². The van der Waals surface area contributed by atoms with E-state index in [1.54, 1.807) is 0 Å². The molecule has 0 spiro atoms. The van der Waals surface area contributed by atoms with Crippen molar-refractivity contribution in [3.05, 3.63) is 64.2 Å². The number of para-hydroxylation sites is 1. The molecule has 2 aromatic rings. The van der Waals surface area contributed by atoms with E-state index in [9.17, 15) is 0 Å². The summed E-state index contributed by atoms with van der Waals surface area (Å²) in [7, 11) is 0. The molecule has 2 aromatic carbocycles. The van der Waals surface area contributed by atoms with Gasteiger partial charge in [-0.25, -0.2) is 0 Å². The molecular formula is C16H18ClN. The van der Waals surface area contributed by atoms with Crippen molar-refractivity contribution in [1.29, 1.82) is 0 Å². The van der Waals surface area contributed by atoms with Crippen molar-refractivity contribution in [1.82, 2.24) is 0 Å². The molecule has 0 aliphatic rings. The van der Waals surface area contributed by atoms with Gasteiger partial charge in [0.1, 0.15) is 0 Å². The van der Waals surface area contributed by atoms with Crippen LogP contribution in [0.3, 0.4) is 0 Å². The molecule has 0 unspecified atom stereocenters. The Kier molecular flexibility index (Phi) is 4.27. The first kappa shape index (κ1) is 13.0. The van der Waals surface area contributed by atoms with E-state index >= 15 is 0 Å². The van der Waals surface area contributed by atoms with Gasteiger partial charge in [-0.05, 0) is 42.2 Å². The number of halogens is 1. The molecule has 0 atom stereocenters. The molecule has 0 amide bonds. The second kappa shape index (κ2) is 5.92. The van der Waals surface area contributed by atoms with Gasteiger partial charge in [0.05, 0.1) is 0 Å². The number of hydrogen-bond acceptors (Lipinski definition) is 1. The minimum atomic E-state index is 0.787. The third-order valence-electron chi connectivity index (χ3n) is 3.10. The SMILES string of the molecule is CCc1cccc(C)c1NCc1cccc(Cl)c1. The number of aryl methyl sites for hydroxylation is 2. The van der Waals surface area contributed by atoms with Crippen LogP contribution in [-0.2, 0) is 13.0 Å². The fourth-order valence-corrected chi connectivity index (χ4v) is 2.33. The summed E-state index contributed by atoms with van der Waals surface area (Å²) in [5, 5.41) is 4.30. The van der Waals surface area contributed by atoms with Gasteiger partial charge in [0.25, 0.3) is 0 Å². The molecule has 0 aromatic heterocycles. The lowest BCUT2D eigenvalue weighted by atomic mass is 10.1. The Balaban J connectivity index is 2.15. The monoisotopic (exact) mass is 259 g/mol. The summed E-state index contributed by atoms with van der Waals surface area (Å²) < 4.78 is 0. The van der Waals surface area contributed by atoms with Gasteiger partial charge in [-0.2, -0.15) is 0 Å². The van der Waals surface area contributed by atoms with Crippen LogP contribution in [0.4, 0.5) is 5.69 Å². The van der Waals surface area contributed by atoms with E-state index in [2.05, 4.69) is 43.4 Å². The normalized spacial score (nSPS) is 10.4. The van der Waals surface area contributed by atoms with Gasteiger partial charge in [-0.1, -0.05) is 48.9 Å². The third-order valence-corrected chi connectivity index (χ3v) is 3.33. The highest BCUT2D eigenvalue weighted by Gasteiger charge is 2.03. The first-order chi connectivity index (χ1) is 8.70. The van der Waals surface area contributed by atoms with E-state index in [-0.39, 0.29) is 0 Å². The average molecular weight is 260 g/mol. The second-order valence-electron chi connectivity index (χ2n) is 4.45. The largest absolute Gasteiger partial charge is 0.381 e. The molecule has 0 aliphatic heterocycles. The molecule has 18 heavy (non-hydrogen) atoms. The maximum absolute atomic E-state index is 5.99. The summed E-state index contributed by atoms with van der Waals surface area (Å²) in [6.45, 7) is 5.12. The molecular weight excluding hydrogens is 242 g/mol. The zero-order chi connectivity index (χ0) is 13.0. The highest BCUT2D eigenvalue weighted by molar-refractivity contribution is 6.30. The van der Waals surface area contributed by atoms with Gasteiger partial charge < -0.3 is 5.32 Å². The van der Waals surface area contributed by atoms with Crippen molar-refractivity contribution in [3.63, 3.8) is 0 Å². The van der Waals surface area contributed by atoms with Crippen molar-refractivity contribution < 1.29 is 0 Å². The zero-order valence-electron chi connectivity index (χ0n) is 10.8. The molecule has 1 nitrogen and oxygen atoms in total. The van der Waals surface area contributed by atoms with Gasteiger partial charge in [0, 0.05) is 17.3 Å². The second-order valence-corrected chi connectivity index (χ2v) is 4.88. The molecule has 0 saturated carbocycles. The molecule has 2 heteroatoms. The van der Waals surface area contributed by atoms with Crippen molar-refractivity contribution in [3.8, 4) is 0 Å². The molecule has 0 bridgehead atoms. The maximum atomic E-state index is 5.99. The Bertz CT molecular complexity index is 534. The smallest absolute Gasteiger partial charge is 0.0409 e. The fourth-order valence-electron chi connectivity index (χ4n) is 2.11. The van der Waals surface area contributed by atoms with Crippen LogP contribution in [0.5, 0.6) is 0 Å². The standard InChI is InChI=1S/C16H18ClN/c1-3-14-8-4-6-12(2)16(14)18-11-13-7-5-9-15(17)10-13/h4-10,18H,3,11H2,1-2H3. The summed E-state index contributed by atoms with van der Waals surface area (Å²) >= 11 is 5.99. The van der Waals surface area contributed by atoms with Crippen LogP contribution in [0.15, 0.2) is 42.5 Å². The predicted molar refractivity (Wildman–Crippen MR) is 79.3 cm³/mol. The Morgan fingerprint density at radius 2 is 1.89 bits per heavy atom. The highest BCUT2D eigenvalue weighted by Crippen LogP contribution is 2.22. The Morgan fingerprint density at radius 3 is 2.61 bits per heavy atom. The molecule has 0 aliphatic carbocycles. The first-order valence-electron chi connectivity index (χ1n) is 6.27. The predicted octanol–water partition coefficient (Wildman–Crippen LogP) is 4.82. The van der Waals surface area contributed by atoms with Crippen molar-refractivity contribution >= 4 is 17.3 Å². The van der Waals surface area contributed by atoms with Crippen LogP contribution in [0.1, 0.15) is 23.6 Å². The third kappa shape index (κ3) is 3.05. The van der Waals surface area contributed by atoms with Gasteiger partial charge in [-0.15, -0.1) is 0 Å². The van der Waals surface area contributed by atoms with Crippen LogP contribution >= 0.6 is 11.6 Å². The highest BCUT2D eigenvalue weighted by atomic mass is 35.5. The van der Waals surface area contributed by atoms with Crippen molar-refractivity contribution in [2.75, 3.05) is 5.32 Å². The molecule has 1 N–H and O–H groups in total. The Morgan fingerprint density at radius 1 is 1.11 bits per heavy atom. The number of benzene rings is 2. The molecule has 2 rings (SSSR count). The molecule has 0 saturated heterocycles. The fraction of sp³-hybridized carbons (Fsp3) is 0.250. The van der Waals surface area contributed by atoms with Gasteiger partial charge >= 0.3 is 0 Å². The van der Waals surface area contributed by atoms with Gasteiger partial charge in [0.2, 0.25) is 0 Å². The number of nitrogens with one attached hydrogen (secondary N) is 1. The quantitative estimate of drug-likeness (QED) is 0.830.